The zero-order valence-corrected chi connectivity index (χ0v) is 14.4. The van der Waals surface area contributed by atoms with E-state index in [0.717, 1.165) is 18.1 Å². The molecular formula is C18H19N3O5. The summed E-state index contributed by atoms with van der Waals surface area (Å²) in [5.74, 6) is -1.08. The van der Waals surface area contributed by atoms with Crippen LogP contribution in [0.15, 0.2) is 42.5 Å². The molecule has 0 heterocycles. The summed E-state index contributed by atoms with van der Waals surface area (Å²) in [7, 11) is 0. The standard InChI is InChI=1S/C18H19N3O5/c1-3-12-5-7-13(8-6-12)17(22)19-20-18(23)14-9-10-16(26-4-2)15(11-14)21(24)25/h5-11H,3-4H2,1-2H3,(H,19,22)(H,20,23). The topological polar surface area (TPSA) is 111 Å². The van der Waals surface area contributed by atoms with Crippen LogP contribution in [0.25, 0.3) is 0 Å². The van der Waals surface area contributed by atoms with Crippen LogP contribution in [-0.2, 0) is 6.42 Å². The van der Waals surface area contributed by atoms with Gasteiger partial charge in [0.2, 0.25) is 0 Å². The number of carbonyl (C=O) groups excluding carboxylic acids is 2. The summed E-state index contributed by atoms with van der Waals surface area (Å²) in [6, 6.07) is 10.8. The lowest BCUT2D eigenvalue weighted by molar-refractivity contribution is -0.385. The van der Waals surface area contributed by atoms with Gasteiger partial charge in [-0.1, -0.05) is 19.1 Å². The number of hydrazine groups is 1. The Balaban J connectivity index is 2.05. The number of nitro benzene ring substituents is 1. The van der Waals surface area contributed by atoms with E-state index >= 15 is 0 Å². The van der Waals surface area contributed by atoms with E-state index in [1.54, 1.807) is 19.1 Å². The van der Waals surface area contributed by atoms with Crippen LogP contribution in [0.2, 0.25) is 0 Å². The number of nitrogens with one attached hydrogen (secondary N) is 2. The summed E-state index contributed by atoms with van der Waals surface area (Å²) < 4.78 is 5.16. The quantitative estimate of drug-likeness (QED) is 0.610. The molecule has 0 saturated carbocycles. The highest BCUT2D eigenvalue weighted by Crippen LogP contribution is 2.27. The van der Waals surface area contributed by atoms with Crippen LogP contribution in [0.3, 0.4) is 0 Å². The van der Waals surface area contributed by atoms with E-state index in [1.165, 1.54) is 12.1 Å². The molecule has 0 aliphatic carbocycles. The molecule has 26 heavy (non-hydrogen) atoms. The molecule has 8 heteroatoms. The van der Waals surface area contributed by atoms with E-state index in [-0.39, 0.29) is 23.6 Å². The third-order valence-corrected chi connectivity index (χ3v) is 3.63. The number of benzene rings is 2. The van der Waals surface area contributed by atoms with Crippen LogP contribution in [0.4, 0.5) is 5.69 Å². The molecule has 2 aromatic rings. The molecule has 136 valence electrons. The maximum Gasteiger partial charge on any atom is 0.311 e. The molecule has 0 bridgehead atoms. The van der Waals surface area contributed by atoms with Crippen molar-refractivity contribution in [2.24, 2.45) is 0 Å². The number of amides is 2. The van der Waals surface area contributed by atoms with Crippen LogP contribution in [0, 0.1) is 10.1 Å². The van der Waals surface area contributed by atoms with Gasteiger partial charge in [0, 0.05) is 17.2 Å². The SMILES string of the molecule is CCOc1ccc(C(=O)NNC(=O)c2ccc(CC)cc2)cc1[N+](=O)[O-]. The molecule has 0 fully saturated rings. The van der Waals surface area contributed by atoms with E-state index in [2.05, 4.69) is 10.9 Å². The summed E-state index contributed by atoms with van der Waals surface area (Å²) in [5, 5.41) is 11.1. The Hall–Kier alpha value is -3.42. The number of hydrogen-bond acceptors (Lipinski definition) is 5. The molecule has 0 atom stereocenters. The summed E-state index contributed by atoms with van der Waals surface area (Å²) in [6.45, 7) is 3.97. The van der Waals surface area contributed by atoms with E-state index in [4.69, 9.17) is 4.74 Å². The molecule has 2 amide bonds. The second kappa shape index (κ2) is 8.61. The summed E-state index contributed by atoms with van der Waals surface area (Å²) in [4.78, 5) is 34.6. The second-order valence-corrected chi connectivity index (χ2v) is 5.33. The van der Waals surface area contributed by atoms with Gasteiger partial charge in [-0.05, 0) is 43.2 Å². The Morgan fingerprint density at radius 3 is 2.12 bits per heavy atom. The summed E-state index contributed by atoms with van der Waals surface area (Å²) >= 11 is 0. The molecule has 0 aliphatic rings. The van der Waals surface area contributed by atoms with Crippen molar-refractivity contribution >= 4 is 17.5 Å². The molecule has 2 N–H and O–H groups in total. The average Bonchev–Trinajstić information content (AvgIpc) is 2.66. The van der Waals surface area contributed by atoms with Crippen molar-refractivity contribution in [2.75, 3.05) is 6.61 Å². The second-order valence-electron chi connectivity index (χ2n) is 5.33. The first-order valence-corrected chi connectivity index (χ1v) is 8.07. The molecule has 0 radical (unpaired) electrons. The molecule has 0 aliphatic heterocycles. The lowest BCUT2D eigenvalue weighted by Gasteiger charge is -2.09. The van der Waals surface area contributed by atoms with Crippen molar-refractivity contribution < 1.29 is 19.2 Å². The third kappa shape index (κ3) is 4.56. The number of nitrogens with zero attached hydrogens (tertiary/aromatic N) is 1. The predicted octanol–water partition coefficient (Wildman–Crippen LogP) is 2.63. The first-order valence-electron chi connectivity index (χ1n) is 8.07. The van der Waals surface area contributed by atoms with Crippen molar-refractivity contribution in [1.29, 1.82) is 0 Å². The molecular weight excluding hydrogens is 338 g/mol. The largest absolute Gasteiger partial charge is 0.487 e. The third-order valence-electron chi connectivity index (χ3n) is 3.63. The van der Waals surface area contributed by atoms with Gasteiger partial charge in [-0.3, -0.25) is 30.6 Å². The van der Waals surface area contributed by atoms with Crippen LogP contribution >= 0.6 is 0 Å². The fourth-order valence-corrected chi connectivity index (χ4v) is 2.23. The minimum atomic E-state index is -0.672. The fourth-order valence-electron chi connectivity index (χ4n) is 2.23. The number of ether oxygens (including phenoxy) is 1. The fraction of sp³-hybridized carbons (Fsp3) is 0.222. The molecule has 0 unspecified atom stereocenters. The molecule has 2 aromatic carbocycles. The Bertz CT molecular complexity index is 818. The molecule has 0 aromatic heterocycles. The summed E-state index contributed by atoms with van der Waals surface area (Å²) in [5.41, 5.74) is 5.72. The zero-order valence-electron chi connectivity index (χ0n) is 14.4. The minimum Gasteiger partial charge on any atom is -0.487 e. The van der Waals surface area contributed by atoms with Crippen molar-refractivity contribution in [2.45, 2.75) is 20.3 Å². The maximum absolute atomic E-state index is 12.1. The van der Waals surface area contributed by atoms with Gasteiger partial charge in [-0.15, -0.1) is 0 Å². The predicted molar refractivity (Wildman–Crippen MR) is 95.0 cm³/mol. The normalized spacial score (nSPS) is 10.1. The van der Waals surface area contributed by atoms with Gasteiger partial charge in [-0.25, -0.2) is 0 Å². The van der Waals surface area contributed by atoms with Gasteiger partial charge in [0.25, 0.3) is 11.8 Å². The van der Waals surface area contributed by atoms with E-state index in [9.17, 15) is 19.7 Å². The van der Waals surface area contributed by atoms with Gasteiger partial charge < -0.3 is 4.74 Å². The first-order chi connectivity index (χ1) is 12.5. The van der Waals surface area contributed by atoms with Gasteiger partial charge in [0.1, 0.15) is 0 Å². The highest BCUT2D eigenvalue weighted by Gasteiger charge is 2.19. The highest BCUT2D eigenvalue weighted by atomic mass is 16.6. The number of aryl methyl sites for hydroxylation is 1. The van der Waals surface area contributed by atoms with Gasteiger partial charge in [0.05, 0.1) is 11.5 Å². The Labute approximate surface area is 150 Å². The smallest absolute Gasteiger partial charge is 0.311 e. The summed E-state index contributed by atoms with van der Waals surface area (Å²) in [6.07, 6.45) is 0.856. The first kappa shape index (κ1) is 18.9. The van der Waals surface area contributed by atoms with Gasteiger partial charge >= 0.3 is 5.69 Å². The minimum absolute atomic E-state index is 0.0294. The van der Waals surface area contributed by atoms with E-state index < -0.39 is 16.7 Å². The number of carbonyl (C=O) groups is 2. The van der Waals surface area contributed by atoms with Crippen LogP contribution in [0.1, 0.15) is 40.1 Å². The number of nitro groups is 1. The van der Waals surface area contributed by atoms with E-state index in [1.807, 2.05) is 19.1 Å². The Morgan fingerprint density at radius 2 is 1.58 bits per heavy atom. The van der Waals surface area contributed by atoms with Crippen molar-refractivity contribution in [3.63, 3.8) is 0 Å². The van der Waals surface area contributed by atoms with Gasteiger partial charge in [-0.2, -0.15) is 0 Å². The Morgan fingerprint density at radius 1 is 1.00 bits per heavy atom. The van der Waals surface area contributed by atoms with Crippen molar-refractivity contribution in [3.05, 3.63) is 69.3 Å². The molecule has 0 spiro atoms. The average molecular weight is 357 g/mol. The monoisotopic (exact) mass is 357 g/mol. The zero-order chi connectivity index (χ0) is 19.1. The van der Waals surface area contributed by atoms with E-state index in [0.29, 0.717) is 5.56 Å². The van der Waals surface area contributed by atoms with Crippen LogP contribution in [0.5, 0.6) is 5.75 Å². The highest BCUT2D eigenvalue weighted by molar-refractivity contribution is 5.99. The molecule has 8 nitrogen and oxygen atoms in total. The molecule has 0 saturated heterocycles. The Kier molecular flexibility index (Phi) is 6.26. The number of hydrogen-bond donors (Lipinski definition) is 2. The van der Waals surface area contributed by atoms with Crippen LogP contribution in [-0.4, -0.2) is 23.3 Å². The molecule has 2 rings (SSSR count). The van der Waals surface area contributed by atoms with Gasteiger partial charge in [0.15, 0.2) is 5.75 Å². The van der Waals surface area contributed by atoms with Crippen molar-refractivity contribution in [3.8, 4) is 5.75 Å². The van der Waals surface area contributed by atoms with Crippen molar-refractivity contribution in [1.82, 2.24) is 10.9 Å². The lowest BCUT2D eigenvalue weighted by Crippen LogP contribution is -2.41. The number of rotatable bonds is 6. The lowest BCUT2D eigenvalue weighted by atomic mass is 10.1. The maximum atomic E-state index is 12.1. The van der Waals surface area contributed by atoms with Crippen LogP contribution < -0.4 is 15.6 Å².